The van der Waals surface area contributed by atoms with E-state index < -0.39 is 5.97 Å². The smallest absolute Gasteiger partial charge is 0.303 e. The Bertz CT molecular complexity index is 354. The van der Waals surface area contributed by atoms with E-state index in [-0.39, 0.29) is 12.5 Å². The number of nitrogens with two attached hydrogens (primary N) is 1. The Morgan fingerprint density at radius 1 is 0.960 bits per heavy atom. The fourth-order valence-electron chi connectivity index (χ4n) is 2.91. The van der Waals surface area contributed by atoms with Gasteiger partial charge in [-0.25, -0.2) is 0 Å². The third-order valence-corrected chi connectivity index (χ3v) is 4.74. The summed E-state index contributed by atoms with van der Waals surface area (Å²) in [6.45, 7) is 3.81. The Hall–Kier alpha value is -0.880. The third kappa shape index (κ3) is 16.3. The second-order valence-corrected chi connectivity index (χ2v) is 7.30. The second kappa shape index (κ2) is 16.6. The van der Waals surface area contributed by atoms with Crippen molar-refractivity contribution in [2.75, 3.05) is 13.1 Å². The van der Waals surface area contributed by atoms with Gasteiger partial charge in [-0.1, -0.05) is 51.9 Å². The van der Waals surface area contributed by atoms with Crippen molar-refractivity contribution >= 4 is 23.3 Å². The number of unbranched alkanes of at least 4 members (excludes halogenated alkanes) is 7. The minimum Gasteiger partial charge on any atom is -0.481 e. The molecule has 0 aliphatic rings. The van der Waals surface area contributed by atoms with Gasteiger partial charge in [0.2, 0.25) is 0 Å². The summed E-state index contributed by atoms with van der Waals surface area (Å²) in [6, 6.07) is 0. The number of hydrogen-bond acceptors (Lipinski definition) is 3. The molecule has 0 saturated heterocycles. The zero-order valence-electron chi connectivity index (χ0n) is 15.9. The van der Waals surface area contributed by atoms with Gasteiger partial charge in [0.1, 0.15) is 0 Å². The molecule has 25 heavy (non-hydrogen) atoms. The van der Waals surface area contributed by atoms with Crippen LogP contribution < -0.4 is 5.73 Å². The molecule has 0 amide bonds. The van der Waals surface area contributed by atoms with Gasteiger partial charge >= 0.3 is 5.97 Å². The lowest BCUT2D eigenvalue weighted by molar-refractivity contribution is -0.137. The molecule has 148 valence electrons. The van der Waals surface area contributed by atoms with E-state index in [9.17, 15) is 9.90 Å². The van der Waals surface area contributed by atoms with Crippen molar-refractivity contribution in [2.45, 2.75) is 96.5 Å². The summed E-state index contributed by atoms with van der Waals surface area (Å²) in [6.07, 6.45) is 12.4. The van der Waals surface area contributed by atoms with Crippen LogP contribution >= 0.6 is 12.2 Å². The number of thiocarbonyl (C=S) groups is 1. The molecular formula is C19H38N2O3S. The zero-order valence-corrected chi connectivity index (χ0v) is 16.7. The monoisotopic (exact) mass is 374 g/mol. The highest BCUT2D eigenvalue weighted by Crippen LogP contribution is 2.11. The molecule has 0 saturated carbocycles. The van der Waals surface area contributed by atoms with E-state index in [1.165, 1.54) is 25.7 Å². The van der Waals surface area contributed by atoms with Crippen molar-refractivity contribution in [1.29, 1.82) is 0 Å². The maximum Gasteiger partial charge on any atom is 0.303 e. The molecule has 0 aliphatic heterocycles. The molecule has 4 N–H and O–H groups in total. The maximum absolute atomic E-state index is 10.5. The van der Waals surface area contributed by atoms with E-state index in [0.717, 1.165) is 64.5 Å². The van der Waals surface area contributed by atoms with Crippen molar-refractivity contribution < 1.29 is 15.0 Å². The minimum absolute atomic E-state index is 0.217. The van der Waals surface area contributed by atoms with E-state index in [0.29, 0.717) is 5.11 Å². The first kappa shape index (κ1) is 24.1. The number of rotatable bonds is 17. The average Bonchev–Trinajstić information content (AvgIpc) is 2.55. The Morgan fingerprint density at radius 2 is 1.52 bits per heavy atom. The zero-order chi connectivity index (χ0) is 18.9. The number of nitrogens with zero attached hydrogens (tertiary/aromatic N) is 1. The number of aliphatic carboxylic acids is 1. The number of hydrogen-bond donors (Lipinski definition) is 3. The van der Waals surface area contributed by atoms with Crippen LogP contribution in [0.5, 0.6) is 0 Å². The quantitative estimate of drug-likeness (QED) is 0.263. The van der Waals surface area contributed by atoms with E-state index in [1.807, 2.05) is 4.90 Å². The van der Waals surface area contributed by atoms with Gasteiger partial charge < -0.3 is 20.8 Å². The molecule has 0 aromatic carbocycles. The van der Waals surface area contributed by atoms with Crippen molar-refractivity contribution in [1.82, 2.24) is 4.90 Å². The lowest BCUT2D eigenvalue weighted by Crippen LogP contribution is -2.37. The fraction of sp³-hybridized carbons (Fsp3) is 0.895. The largest absolute Gasteiger partial charge is 0.481 e. The van der Waals surface area contributed by atoms with Gasteiger partial charge in [-0.3, -0.25) is 4.79 Å². The number of carbonyl (C=O) groups is 1. The lowest BCUT2D eigenvalue weighted by atomic mass is 10.0. The number of carboxylic acids is 1. The van der Waals surface area contributed by atoms with Crippen LogP contribution in [0.15, 0.2) is 0 Å². The van der Waals surface area contributed by atoms with Crippen molar-refractivity contribution in [3.8, 4) is 0 Å². The van der Waals surface area contributed by atoms with Gasteiger partial charge in [-0.2, -0.15) is 0 Å². The first-order valence-corrected chi connectivity index (χ1v) is 10.3. The molecule has 0 rings (SSSR count). The van der Waals surface area contributed by atoms with Crippen molar-refractivity contribution in [3.63, 3.8) is 0 Å². The predicted octanol–water partition coefficient (Wildman–Crippen LogP) is 4.07. The Kier molecular flexibility index (Phi) is 16.0. The maximum atomic E-state index is 10.5. The number of aliphatic hydroxyl groups excluding tert-OH is 1. The fourth-order valence-corrected chi connectivity index (χ4v) is 3.09. The molecule has 0 spiro atoms. The molecule has 0 fully saturated rings. The van der Waals surface area contributed by atoms with E-state index in [4.69, 9.17) is 23.1 Å². The van der Waals surface area contributed by atoms with Crippen LogP contribution in [0.3, 0.4) is 0 Å². The lowest BCUT2D eigenvalue weighted by Gasteiger charge is -2.23. The molecule has 0 heterocycles. The summed E-state index contributed by atoms with van der Waals surface area (Å²) in [5.74, 6) is -0.728. The molecule has 0 aromatic heterocycles. The van der Waals surface area contributed by atoms with Crippen LogP contribution in [0.1, 0.15) is 90.4 Å². The molecule has 0 radical (unpaired) electrons. The van der Waals surface area contributed by atoms with Crippen LogP contribution in [0.25, 0.3) is 0 Å². The number of carboxylic acid groups (broad SMARTS) is 1. The molecule has 1 unspecified atom stereocenters. The molecule has 0 aliphatic carbocycles. The molecular weight excluding hydrogens is 336 g/mol. The molecule has 0 bridgehead atoms. The topological polar surface area (TPSA) is 86.8 Å². The standard InChI is InChI=1S/C19H38N2O3S/c1-2-3-4-5-8-12-17(22)13-11-16-21(19(20)25)15-10-7-6-9-14-18(23)24/h17,22H,2-16H2,1H3,(H2,20,25)(H,23,24). The average molecular weight is 375 g/mol. The molecule has 0 aromatic rings. The van der Waals surface area contributed by atoms with Crippen LogP contribution in [0.4, 0.5) is 0 Å². The van der Waals surface area contributed by atoms with Gasteiger partial charge in [0.15, 0.2) is 5.11 Å². The van der Waals surface area contributed by atoms with E-state index in [1.54, 1.807) is 0 Å². The van der Waals surface area contributed by atoms with Crippen molar-refractivity contribution in [2.24, 2.45) is 5.73 Å². The Balaban J connectivity index is 3.71. The van der Waals surface area contributed by atoms with Crippen LogP contribution in [0.2, 0.25) is 0 Å². The highest BCUT2D eigenvalue weighted by molar-refractivity contribution is 7.80. The van der Waals surface area contributed by atoms with Crippen LogP contribution in [0, 0.1) is 0 Å². The normalized spacial score (nSPS) is 12.1. The molecule has 6 heteroatoms. The van der Waals surface area contributed by atoms with Crippen LogP contribution in [-0.2, 0) is 4.79 Å². The summed E-state index contributed by atoms with van der Waals surface area (Å²) >= 11 is 5.11. The summed E-state index contributed by atoms with van der Waals surface area (Å²) < 4.78 is 0. The third-order valence-electron chi connectivity index (χ3n) is 4.49. The highest BCUT2D eigenvalue weighted by atomic mass is 32.1. The molecule has 5 nitrogen and oxygen atoms in total. The molecule has 1 atom stereocenters. The SMILES string of the molecule is CCCCCCCC(O)CCCN(CCCCCCC(=O)O)C(N)=S. The Morgan fingerprint density at radius 3 is 2.16 bits per heavy atom. The predicted molar refractivity (Wildman–Crippen MR) is 108 cm³/mol. The number of aliphatic hydroxyl groups is 1. The van der Waals surface area contributed by atoms with Gasteiger partial charge in [-0.15, -0.1) is 0 Å². The van der Waals surface area contributed by atoms with Crippen LogP contribution in [-0.4, -0.2) is 45.4 Å². The summed E-state index contributed by atoms with van der Waals surface area (Å²) in [4.78, 5) is 12.5. The summed E-state index contributed by atoms with van der Waals surface area (Å²) in [5.41, 5.74) is 5.78. The van der Waals surface area contributed by atoms with E-state index in [2.05, 4.69) is 6.92 Å². The van der Waals surface area contributed by atoms with Gasteiger partial charge in [0.25, 0.3) is 0 Å². The first-order chi connectivity index (χ1) is 12.0. The summed E-state index contributed by atoms with van der Waals surface area (Å²) in [5, 5.41) is 19.1. The highest BCUT2D eigenvalue weighted by Gasteiger charge is 2.09. The van der Waals surface area contributed by atoms with Gasteiger partial charge in [-0.05, 0) is 44.3 Å². The van der Waals surface area contributed by atoms with Gasteiger partial charge in [0, 0.05) is 19.5 Å². The minimum atomic E-state index is -0.728. The van der Waals surface area contributed by atoms with Crippen molar-refractivity contribution in [3.05, 3.63) is 0 Å². The second-order valence-electron chi connectivity index (χ2n) is 6.88. The first-order valence-electron chi connectivity index (χ1n) is 9.91. The van der Waals surface area contributed by atoms with E-state index >= 15 is 0 Å². The summed E-state index contributed by atoms with van der Waals surface area (Å²) in [7, 11) is 0. The van der Waals surface area contributed by atoms with Gasteiger partial charge in [0.05, 0.1) is 6.10 Å². The Labute approximate surface area is 159 Å².